The predicted octanol–water partition coefficient (Wildman–Crippen LogP) is 2.33. The van der Waals surface area contributed by atoms with E-state index in [0.717, 1.165) is 5.56 Å². The van der Waals surface area contributed by atoms with Crippen molar-refractivity contribution >= 4 is 11.9 Å². The van der Waals surface area contributed by atoms with Gasteiger partial charge in [0.2, 0.25) is 0 Å². The van der Waals surface area contributed by atoms with Crippen molar-refractivity contribution in [2.45, 2.75) is 13.5 Å². The standard InChI is InChI=1S/C16H15NO4/c1-10-13(3-2-4-14(10)18)15(19)17-9-11-5-7-12(8-6-11)16(20)21/h2-8,18H,9H2,1H3,(H,17,19)(H,20,21). The van der Waals surface area contributed by atoms with Crippen LogP contribution < -0.4 is 5.32 Å². The van der Waals surface area contributed by atoms with Gasteiger partial charge >= 0.3 is 5.97 Å². The molecule has 0 aliphatic rings. The minimum Gasteiger partial charge on any atom is -0.508 e. The van der Waals surface area contributed by atoms with Crippen molar-refractivity contribution in [1.82, 2.24) is 5.32 Å². The van der Waals surface area contributed by atoms with Gasteiger partial charge in [-0.25, -0.2) is 4.79 Å². The van der Waals surface area contributed by atoms with Gasteiger partial charge in [0.05, 0.1) is 5.56 Å². The van der Waals surface area contributed by atoms with Crippen molar-refractivity contribution in [2.75, 3.05) is 0 Å². The Balaban J connectivity index is 2.04. The van der Waals surface area contributed by atoms with Crippen LogP contribution in [-0.4, -0.2) is 22.1 Å². The maximum Gasteiger partial charge on any atom is 0.335 e. The van der Waals surface area contributed by atoms with Crippen LogP contribution in [0.2, 0.25) is 0 Å². The summed E-state index contributed by atoms with van der Waals surface area (Å²) in [5, 5.41) is 21.1. The molecule has 0 heterocycles. The molecule has 2 rings (SSSR count). The fourth-order valence-corrected chi connectivity index (χ4v) is 1.91. The number of aromatic hydroxyl groups is 1. The zero-order chi connectivity index (χ0) is 15.4. The maximum atomic E-state index is 12.0. The van der Waals surface area contributed by atoms with Gasteiger partial charge in [-0.3, -0.25) is 4.79 Å². The van der Waals surface area contributed by atoms with Crippen molar-refractivity contribution in [3.63, 3.8) is 0 Å². The lowest BCUT2D eigenvalue weighted by molar-refractivity contribution is 0.0696. The molecular weight excluding hydrogens is 270 g/mol. The molecule has 21 heavy (non-hydrogen) atoms. The molecule has 0 aliphatic carbocycles. The fraction of sp³-hybridized carbons (Fsp3) is 0.125. The van der Waals surface area contributed by atoms with E-state index in [-0.39, 0.29) is 23.8 Å². The summed E-state index contributed by atoms with van der Waals surface area (Å²) in [6.07, 6.45) is 0. The van der Waals surface area contributed by atoms with Crippen LogP contribution in [-0.2, 0) is 6.54 Å². The van der Waals surface area contributed by atoms with Gasteiger partial charge in [0.25, 0.3) is 5.91 Å². The van der Waals surface area contributed by atoms with Gasteiger partial charge < -0.3 is 15.5 Å². The number of carbonyl (C=O) groups is 2. The van der Waals surface area contributed by atoms with Crippen LogP contribution in [0.25, 0.3) is 0 Å². The second-order valence-corrected chi connectivity index (χ2v) is 4.63. The summed E-state index contributed by atoms with van der Waals surface area (Å²) < 4.78 is 0. The van der Waals surface area contributed by atoms with Crippen LogP contribution >= 0.6 is 0 Å². The van der Waals surface area contributed by atoms with E-state index in [1.165, 1.54) is 18.2 Å². The molecule has 5 heteroatoms. The third-order valence-electron chi connectivity index (χ3n) is 3.20. The first-order valence-corrected chi connectivity index (χ1v) is 6.38. The Hall–Kier alpha value is -2.82. The van der Waals surface area contributed by atoms with Crippen molar-refractivity contribution in [3.05, 3.63) is 64.7 Å². The van der Waals surface area contributed by atoms with Crippen molar-refractivity contribution in [2.24, 2.45) is 0 Å². The van der Waals surface area contributed by atoms with E-state index in [4.69, 9.17) is 5.11 Å². The topological polar surface area (TPSA) is 86.6 Å². The molecule has 1 amide bonds. The van der Waals surface area contributed by atoms with Crippen molar-refractivity contribution in [3.8, 4) is 5.75 Å². The molecule has 0 saturated carbocycles. The van der Waals surface area contributed by atoms with E-state index < -0.39 is 5.97 Å². The average molecular weight is 285 g/mol. The minimum atomic E-state index is -0.985. The average Bonchev–Trinajstić information content (AvgIpc) is 2.48. The number of carboxylic acids is 1. The Morgan fingerprint density at radius 3 is 2.38 bits per heavy atom. The van der Waals surface area contributed by atoms with E-state index in [9.17, 15) is 14.7 Å². The lowest BCUT2D eigenvalue weighted by atomic mass is 10.1. The Kier molecular flexibility index (Phi) is 4.23. The van der Waals surface area contributed by atoms with Crippen molar-refractivity contribution in [1.29, 1.82) is 0 Å². The highest BCUT2D eigenvalue weighted by molar-refractivity contribution is 5.96. The largest absolute Gasteiger partial charge is 0.508 e. The summed E-state index contributed by atoms with van der Waals surface area (Å²) in [4.78, 5) is 22.8. The number of hydrogen-bond donors (Lipinski definition) is 3. The van der Waals surface area contributed by atoms with E-state index in [1.807, 2.05) is 0 Å². The van der Waals surface area contributed by atoms with Gasteiger partial charge in [0.1, 0.15) is 5.75 Å². The van der Waals surface area contributed by atoms with E-state index in [1.54, 1.807) is 31.2 Å². The highest BCUT2D eigenvalue weighted by Gasteiger charge is 2.11. The number of nitrogens with one attached hydrogen (secondary N) is 1. The summed E-state index contributed by atoms with van der Waals surface area (Å²) in [5.41, 5.74) is 1.94. The number of benzene rings is 2. The third kappa shape index (κ3) is 3.39. The van der Waals surface area contributed by atoms with Gasteiger partial charge in [0, 0.05) is 17.7 Å². The Labute approximate surface area is 121 Å². The van der Waals surface area contributed by atoms with Gasteiger partial charge in [-0.2, -0.15) is 0 Å². The predicted molar refractivity (Wildman–Crippen MR) is 77.4 cm³/mol. The molecule has 108 valence electrons. The second kappa shape index (κ2) is 6.09. The van der Waals surface area contributed by atoms with Gasteiger partial charge in [-0.15, -0.1) is 0 Å². The maximum absolute atomic E-state index is 12.0. The molecule has 3 N–H and O–H groups in total. The highest BCUT2D eigenvalue weighted by atomic mass is 16.4. The summed E-state index contributed by atoms with van der Waals surface area (Å²) in [6.45, 7) is 1.96. The Morgan fingerprint density at radius 1 is 1.10 bits per heavy atom. The molecule has 0 atom stereocenters. The zero-order valence-corrected chi connectivity index (χ0v) is 11.5. The number of hydrogen-bond acceptors (Lipinski definition) is 3. The minimum absolute atomic E-state index is 0.0773. The summed E-state index contributed by atoms with van der Waals surface area (Å²) in [6, 6.07) is 11.1. The molecule has 0 unspecified atom stereocenters. The monoisotopic (exact) mass is 285 g/mol. The van der Waals surface area contributed by atoms with E-state index >= 15 is 0 Å². The number of phenolic OH excluding ortho intramolecular Hbond substituents is 1. The molecule has 0 radical (unpaired) electrons. The number of amides is 1. The molecule has 0 aromatic heterocycles. The van der Waals surface area contributed by atoms with E-state index in [0.29, 0.717) is 11.1 Å². The number of carbonyl (C=O) groups excluding carboxylic acids is 1. The molecule has 2 aromatic rings. The van der Waals surface area contributed by atoms with Crippen LogP contribution in [0.15, 0.2) is 42.5 Å². The van der Waals surface area contributed by atoms with Crippen molar-refractivity contribution < 1.29 is 19.8 Å². The first kappa shape index (κ1) is 14.6. The molecule has 2 aromatic carbocycles. The molecule has 0 aliphatic heterocycles. The van der Waals surface area contributed by atoms with Crippen LogP contribution in [0.5, 0.6) is 5.75 Å². The highest BCUT2D eigenvalue weighted by Crippen LogP contribution is 2.19. The van der Waals surface area contributed by atoms with Crippen LogP contribution in [0.3, 0.4) is 0 Å². The molecule has 5 nitrogen and oxygen atoms in total. The quantitative estimate of drug-likeness (QED) is 0.804. The number of rotatable bonds is 4. The number of carboxylic acid groups (broad SMARTS) is 1. The lowest BCUT2D eigenvalue weighted by Gasteiger charge is -2.09. The summed E-state index contributed by atoms with van der Waals surface area (Å²) in [7, 11) is 0. The van der Waals surface area contributed by atoms with E-state index in [2.05, 4.69) is 5.32 Å². The third-order valence-corrected chi connectivity index (χ3v) is 3.20. The molecule has 0 spiro atoms. The van der Waals surface area contributed by atoms with Gasteiger partial charge in [-0.05, 0) is 36.8 Å². The van der Waals surface area contributed by atoms with Crippen LogP contribution in [0, 0.1) is 6.92 Å². The van der Waals surface area contributed by atoms with Gasteiger partial charge in [0.15, 0.2) is 0 Å². The molecule has 0 bridgehead atoms. The van der Waals surface area contributed by atoms with Crippen LogP contribution in [0.1, 0.15) is 31.8 Å². The fourth-order valence-electron chi connectivity index (χ4n) is 1.91. The molecule has 0 fully saturated rings. The Morgan fingerprint density at radius 2 is 1.76 bits per heavy atom. The second-order valence-electron chi connectivity index (χ2n) is 4.63. The molecular formula is C16H15NO4. The first-order valence-electron chi connectivity index (χ1n) is 6.38. The summed E-state index contributed by atoms with van der Waals surface area (Å²) in [5.74, 6) is -1.19. The summed E-state index contributed by atoms with van der Waals surface area (Å²) >= 11 is 0. The zero-order valence-electron chi connectivity index (χ0n) is 11.5. The van der Waals surface area contributed by atoms with Gasteiger partial charge in [-0.1, -0.05) is 18.2 Å². The van der Waals surface area contributed by atoms with Crippen LogP contribution in [0.4, 0.5) is 0 Å². The number of aromatic carboxylic acids is 1. The SMILES string of the molecule is Cc1c(O)cccc1C(=O)NCc1ccc(C(=O)O)cc1. The number of phenols is 1. The Bertz CT molecular complexity index is 677. The first-order chi connectivity index (χ1) is 9.99. The molecule has 0 saturated heterocycles. The normalized spacial score (nSPS) is 10.1. The smallest absolute Gasteiger partial charge is 0.335 e. The lowest BCUT2D eigenvalue weighted by Crippen LogP contribution is -2.23.